The van der Waals surface area contributed by atoms with Crippen molar-refractivity contribution in [1.82, 2.24) is 10.3 Å². The first kappa shape index (κ1) is 13.5. The molecule has 3 nitrogen and oxygen atoms in total. The maximum absolute atomic E-state index is 5.98. The van der Waals surface area contributed by atoms with Crippen molar-refractivity contribution in [1.29, 1.82) is 0 Å². The van der Waals surface area contributed by atoms with Crippen molar-refractivity contribution in [3.05, 3.63) is 65.0 Å². The van der Waals surface area contributed by atoms with E-state index in [9.17, 15) is 0 Å². The summed E-state index contributed by atoms with van der Waals surface area (Å²) >= 11 is 0. The molecule has 1 aromatic carbocycles. The van der Waals surface area contributed by atoms with E-state index < -0.39 is 0 Å². The zero-order valence-electron chi connectivity index (χ0n) is 12.4. The molecule has 2 atom stereocenters. The average Bonchev–Trinajstić information content (AvgIpc) is 2.60. The normalized spacial score (nSPS) is 22.9. The Kier molecular flexibility index (Phi) is 3.64. The molecule has 0 unspecified atom stereocenters. The number of nitrogens with one attached hydrogen (secondary N) is 1. The number of hydrogen-bond donors (Lipinski definition) is 1. The van der Waals surface area contributed by atoms with Gasteiger partial charge in [0.2, 0.25) is 0 Å². The van der Waals surface area contributed by atoms with Crippen molar-refractivity contribution in [2.45, 2.75) is 25.0 Å². The Bertz CT molecular complexity index is 730. The third-order valence-corrected chi connectivity index (χ3v) is 4.30. The van der Waals surface area contributed by atoms with Gasteiger partial charge in [-0.1, -0.05) is 30.0 Å². The molecule has 1 fully saturated rings. The lowest BCUT2D eigenvalue weighted by Crippen LogP contribution is -2.46. The van der Waals surface area contributed by atoms with Crippen LogP contribution < -0.4 is 5.32 Å². The molecule has 0 amide bonds. The number of rotatable bonds is 0. The molecule has 2 aromatic rings. The molecule has 4 rings (SSSR count). The van der Waals surface area contributed by atoms with E-state index in [-0.39, 0.29) is 6.10 Å². The minimum absolute atomic E-state index is 0.128. The van der Waals surface area contributed by atoms with Crippen LogP contribution in [0.2, 0.25) is 0 Å². The molecule has 1 aliphatic heterocycles. The van der Waals surface area contributed by atoms with E-state index in [1.807, 2.05) is 36.5 Å². The fourth-order valence-corrected chi connectivity index (χ4v) is 3.21. The van der Waals surface area contributed by atoms with Gasteiger partial charge < -0.3 is 10.1 Å². The van der Waals surface area contributed by atoms with E-state index in [1.165, 1.54) is 5.56 Å². The van der Waals surface area contributed by atoms with Crippen LogP contribution in [0.5, 0.6) is 0 Å². The molecule has 22 heavy (non-hydrogen) atoms. The van der Waals surface area contributed by atoms with Gasteiger partial charge in [0, 0.05) is 41.2 Å². The van der Waals surface area contributed by atoms with Crippen molar-refractivity contribution in [3.8, 4) is 11.8 Å². The minimum Gasteiger partial charge on any atom is -0.371 e. The van der Waals surface area contributed by atoms with Crippen LogP contribution in [-0.4, -0.2) is 24.2 Å². The number of nitrogens with zero attached hydrogens (tertiary/aromatic N) is 1. The highest BCUT2D eigenvalue weighted by Gasteiger charge is 2.33. The van der Waals surface area contributed by atoms with Crippen LogP contribution in [-0.2, 0) is 11.2 Å². The van der Waals surface area contributed by atoms with Gasteiger partial charge in [-0.05, 0) is 31.0 Å². The van der Waals surface area contributed by atoms with Gasteiger partial charge in [-0.15, -0.1) is 0 Å². The van der Waals surface area contributed by atoms with Gasteiger partial charge in [-0.3, -0.25) is 4.98 Å². The van der Waals surface area contributed by atoms with Gasteiger partial charge in [0.15, 0.2) is 0 Å². The molecule has 2 heterocycles. The predicted octanol–water partition coefficient (Wildman–Crippen LogP) is 2.46. The van der Waals surface area contributed by atoms with E-state index in [1.54, 1.807) is 0 Å². The summed E-state index contributed by atoms with van der Waals surface area (Å²) in [6, 6.07) is 12.6. The lowest BCUT2D eigenvalue weighted by atomic mass is 9.87. The van der Waals surface area contributed by atoms with Crippen LogP contribution >= 0.6 is 0 Å². The first-order chi connectivity index (χ1) is 10.9. The molecule has 0 spiro atoms. The molecule has 110 valence electrons. The molecule has 1 aliphatic carbocycles. The minimum atomic E-state index is 0.128. The first-order valence-corrected chi connectivity index (χ1v) is 7.81. The lowest BCUT2D eigenvalue weighted by Gasteiger charge is -2.37. The number of ether oxygens (including phenoxy) is 1. The zero-order valence-corrected chi connectivity index (χ0v) is 12.4. The molecule has 1 N–H and O–H groups in total. The number of fused-ring (bicyclic) bond motifs is 3. The van der Waals surface area contributed by atoms with Gasteiger partial charge in [-0.2, -0.15) is 0 Å². The summed E-state index contributed by atoms with van der Waals surface area (Å²) in [5.74, 6) is 6.41. The van der Waals surface area contributed by atoms with Crippen LogP contribution in [0.3, 0.4) is 0 Å². The lowest BCUT2D eigenvalue weighted by molar-refractivity contribution is -0.0132. The second-order valence-electron chi connectivity index (χ2n) is 5.77. The summed E-state index contributed by atoms with van der Waals surface area (Å²) in [5, 5.41) is 3.55. The average molecular weight is 290 g/mol. The summed E-state index contributed by atoms with van der Waals surface area (Å²) in [7, 11) is 0. The SMILES string of the molecule is C(#Cc1cnc2c(c1)[C@@H]1OCCN[C@H]1CC2)c1ccccc1. The van der Waals surface area contributed by atoms with Crippen molar-refractivity contribution in [2.24, 2.45) is 0 Å². The number of pyridine rings is 1. The van der Waals surface area contributed by atoms with Crippen LogP contribution in [0.25, 0.3) is 0 Å². The van der Waals surface area contributed by atoms with Crippen LogP contribution in [0.1, 0.15) is 34.9 Å². The number of benzene rings is 1. The Morgan fingerprint density at radius 2 is 2.00 bits per heavy atom. The zero-order chi connectivity index (χ0) is 14.8. The van der Waals surface area contributed by atoms with E-state index in [0.29, 0.717) is 6.04 Å². The van der Waals surface area contributed by atoms with Crippen LogP contribution in [0.15, 0.2) is 42.6 Å². The van der Waals surface area contributed by atoms with Crippen molar-refractivity contribution < 1.29 is 4.74 Å². The maximum atomic E-state index is 5.98. The molecule has 2 aliphatic rings. The molecule has 0 bridgehead atoms. The van der Waals surface area contributed by atoms with Crippen molar-refractivity contribution >= 4 is 0 Å². The molecular formula is C19H18N2O. The summed E-state index contributed by atoms with van der Waals surface area (Å²) < 4.78 is 5.98. The third-order valence-electron chi connectivity index (χ3n) is 4.30. The number of hydrogen-bond acceptors (Lipinski definition) is 3. The largest absolute Gasteiger partial charge is 0.371 e. The van der Waals surface area contributed by atoms with Gasteiger partial charge >= 0.3 is 0 Å². The fraction of sp³-hybridized carbons (Fsp3) is 0.316. The topological polar surface area (TPSA) is 34.1 Å². The predicted molar refractivity (Wildman–Crippen MR) is 85.5 cm³/mol. The van der Waals surface area contributed by atoms with Crippen LogP contribution in [0.4, 0.5) is 0 Å². The van der Waals surface area contributed by atoms with Gasteiger partial charge in [-0.25, -0.2) is 0 Å². The summed E-state index contributed by atoms with van der Waals surface area (Å²) in [6.45, 7) is 1.71. The summed E-state index contributed by atoms with van der Waals surface area (Å²) in [4.78, 5) is 4.61. The monoisotopic (exact) mass is 290 g/mol. The summed E-state index contributed by atoms with van der Waals surface area (Å²) in [5.41, 5.74) is 4.35. The summed E-state index contributed by atoms with van der Waals surface area (Å²) in [6.07, 6.45) is 4.12. The number of aromatic nitrogens is 1. The molecule has 3 heteroatoms. The maximum Gasteiger partial charge on any atom is 0.0996 e. The number of morpholine rings is 1. The van der Waals surface area contributed by atoms with E-state index in [2.05, 4.69) is 28.2 Å². The highest BCUT2D eigenvalue weighted by atomic mass is 16.5. The molecule has 0 radical (unpaired) electrons. The second kappa shape index (κ2) is 5.92. The van der Waals surface area contributed by atoms with Gasteiger partial charge in [0.25, 0.3) is 0 Å². The molecule has 1 saturated heterocycles. The van der Waals surface area contributed by atoms with E-state index >= 15 is 0 Å². The number of aryl methyl sites for hydroxylation is 1. The first-order valence-electron chi connectivity index (χ1n) is 7.81. The van der Waals surface area contributed by atoms with Gasteiger partial charge in [0.05, 0.1) is 12.7 Å². The Balaban J connectivity index is 1.65. The van der Waals surface area contributed by atoms with Crippen LogP contribution in [0, 0.1) is 11.8 Å². The molecule has 1 aromatic heterocycles. The van der Waals surface area contributed by atoms with Crippen molar-refractivity contribution in [3.63, 3.8) is 0 Å². The highest BCUT2D eigenvalue weighted by Crippen LogP contribution is 2.33. The Hall–Kier alpha value is -2.15. The Morgan fingerprint density at radius 3 is 2.91 bits per heavy atom. The molecule has 0 saturated carbocycles. The van der Waals surface area contributed by atoms with E-state index in [0.717, 1.165) is 42.8 Å². The fourth-order valence-electron chi connectivity index (χ4n) is 3.21. The third kappa shape index (κ3) is 2.64. The highest BCUT2D eigenvalue weighted by molar-refractivity contribution is 5.44. The van der Waals surface area contributed by atoms with Crippen molar-refractivity contribution in [2.75, 3.05) is 13.2 Å². The van der Waals surface area contributed by atoms with Gasteiger partial charge in [0.1, 0.15) is 0 Å². The quantitative estimate of drug-likeness (QED) is 0.757. The Morgan fingerprint density at radius 1 is 1.14 bits per heavy atom. The smallest absolute Gasteiger partial charge is 0.0996 e. The molecular weight excluding hydrogens is 272 g/mol. The second-order valence-corrected chi connectivity index (χ2v) is 5.77. The van der Waals surface area contributed by atoms with E-state index in [4.69, 9.17) is 4.74 Å². The Labute approximate surface area is 130 Å². The standard InChI is InChI=1S/C19H18N2O/c1-2-4-14(5-3-1)6-7-15-12-16-17(21-13-15)8-9-18-19(16)22-11-10-20-18/h1-5,12-13,18-20H,8-11H2/t18-,19-/m0/s1.